The van der Waals surface area contributed by atoms with E-state index in [1.165, 1.54) is 6.07 Å². The van der Waals surface area contributed by atoms with Gasteiger partial charge in [-0.25, -0.2) is 9.59 Å². The Morgan fingerprint density at radius 1 is 1.06 bits per heavy atom. The van der Waals surface area contributed by atoms with Crippen molar-refractivity contribution in [2.45, 2.75) is 20.0 Å². The van der Waals surface area contributed by atoms with Gasteiger partial charge in [-0.2, -0.15) is 0 Å². The number of rotatable bonds is 6. The number of hydrogen-bond acceptors (Lipinski definition) is 7. The molecule has 0 saturated heterocycles. The van der Waals surface area contributed by atoms with Crippen LogP contribution in [0.3, 0.4) is 0 Å². The van der Waals surface area contributed by atoms with E-state index < -0.39 is 11.7 Å². The summed E-state index contributed by atoms with van der Waals surface area (Å²) >= 11 is 0. The normalized spacial score (nSPS) is 12.7. The SMILES string of the molecule is CCOC(=O)Nc1ccc2c(CN(C)Cc3ccc4c(c3)OCCO4)cc(=O)oc2c1. The monoisotopic (exact) mass is 424 g/mol. The van der Waals surface area contributed by atoms with Gasteiger partial charge >= 0.3 is 11.7 Å². The van der Waals surface area contributed by atoms with Crippen molar-refractivity contribution in [2.75, 3.05) is 32.2 Å². The molecule has 8 heteroatoms. The van der Waals surface area contributed by atoms with Crippen LogP contribution in [0.15, 0.2) is 51.7 Å². The van der Waals surface area contributed by atoms with Crippen molar-refractivity contribution in [3.8, 4) is 11.5 Å². The predicted octanol–water partition coefficient (Wildman–Crippen LogP) is 3.76. The third kappa shape index (κ3) is 4.97. The molecule has 0 spiro atoms. The number of anilines is 1. The Hall–Kier alpha value is -3.52. The van der Waals surface area contributed by atoms with E-state index in [0.29, 0.717) is 37.6 Å². The first-order chi connectivity index (χ1) is 15.0. The Kier molecular flexibility index (Phi) is 6.08. The Morgan fingerprint density at radius 2 is 1.87 bits per heavy atom. The summed E-state index contributed by atoms with van der Waals surface area (Å²) in [4.78, 5) is 25.9. The van der Waals surface area contributed by atoms with Gasteiger partial charge < -0.3 is 18.6 Å². The van der Waals surface area contributed by atoms with Gasteiger partial charge in [0.2, 0.25) is 0 Å². The van der Waals surface area contributed by atoms with E-state index in [2.05, 4.69) is 10.2 Å². The average molecular weight is 424 g/mol. The molecular weight excluding hydrogens is 400 g/mol. The lowest BCUT2D eigenvalue weighted by atomic mass is 10.1. The van der Waals surface area contributed by atoms with Crippen LogP contribution in [0.5, 0.6) is 11.5 Å². The maximum Gasteiger partial charge on any atom is 0.411 e. The number of benzene rings is 2. The molecule has 1 amide bonds. The molecular formula is C23H24N2O6. The first-order valence-electron chi connectivity index (χ1n) is 10.1. The highest BCUT2D eigenvalue weighted by molar-refractivity contribution is 5.89. The average Bonchev–Trinajstić information content (AvgIpc) is 2.73. The fourth-order valence-electron chi connectivity index (χ4n) is 3.57. The van der Waals surface area contributed by atoms with E-state index >= 15 is 0 Å². The van der Waals surface area contributed by atoms with Crippen molar-refractivity contribution < 1.29 is 23.4 Å². The molecule has 0 fully saturated rings. The first-order valence-corrected chi connectivity index (χ1v) is 10.1. The fraction of sp³-hybridized carbons (Fsp3) is 0.304. The van der Waals surface area contributed by atoms with Crippen molar-refractivity contribution in [1.82, 2.24) is 4.90 Å². The van der Waals surface area contributed by atoms with E-state index in [0.717, 1.165) is 28.0 Å². The summed E-state index contributed by atoms with van der Waals surface area (Å²) in [6.07, 6.45) is -0.556. The highest BCUT2D eigenvalue weighted by Crippen LogP contribution is 2.31. The molecule has 1 aliphatic heterocycles. The van der Waals surface area contributed by atoms with E-state index in [9.17, 15) is 9.59 Å². The highest BCUT2D eigenvalue weighted by Gasteiger charge is 2.14. The smallest absolute Gasteiger partial charge is 0.411 e. The predicted molar refractivity (Wildman–Crippen MR) is 116 cm³/mol. The molecule has 4 rings (SSSR count). The lowest BCUT2D eigenvalue weighted by Crippen LogP contribution is -2.19. The fourth-order valence-corrected chi connectivity index (χ4v) is 3.57. The molecule has 0 unspecified atom stereocenters. The van der Waals surface area contributed by atoms with Crippen molar-refractivity contribution >= 4 is 22.7 Å². The van der Waals surface area contributed by atoms with Crippen LogP contribution in [-0.4, -0.2) is 37.9 Å². The zero-order valence-corrected chi connectivity index (χ0v) is 17.5. The molecule has 3 aromatic rings. The number of nitrogens with zero attached hydrogens (tertiary/aromatic N) is 1. The Balaban J connectivity index is 1.52. The van der Waals surface area contributed by atoms with Gasteiger partial charge in [0.25, 0.3) is 0 Å². The summed E-state index contributed by atoms with van der Waals surface area (Å²) in [5, 5.41) is 3.42. The lowest BCUT2D eigenvalue weighted by Gasteiger charge is -2.21. The Bertz CT molecular complexity index is 1160. The van der Waals surface area contributed by atoms with Crippen LogP contribution in [0.1, 0.15) is 18.1 Å². The molecule has 1 N–H and O–H groups in total. The molecule has 0 aliphatic carbocycles. The molecule has 1 aliphatic rings. The van der Waals surface area contributed by atoms with Gasteiger partial charge in [0.05, 0.1) is 6.61 Å². The van der Waals surface area contributed by atoms with E-state index in [1.54, 1.807) is 19.1 Å². The van der Waals surface area contributed by atoms with Crippen molar-refractivity contribution in [3.63, 3.8) is 0 Å². The summed E-state index contributed by atoms with van der Waals surface area (Å²) in [5.74, 6) is 1.51. The van der Waals surface area contributed by atoms with E-state index in [4.69, 9.17) is 18.6 Å². The quantitative estimate of drug-likeness (QED) is 0.603. The topological polar surface area (TPSA) is 90.2 Å². The number of nitrogens with one attached hydrogen (secondary N) is 1. The van der Waals surface area contributed by atoms with Gasteiger partial charge in [0, 0.05) is 36.3 Å². The van der Waals surface area contributed by atoms with Crippen LogP contribution < -0.4 is 20.4 Å². The lowest BCUT2D eigenvalue weighted by molar-refractivity contribution is 0.168. The van der Waals surface area contributed by atoms with Gasteiger partial charge in [0.15, 0.2) is 11.5 Å². The van der Waals surface area contributed by atoms with Crippen LogP contribution in [0.4, 0.5) is 10.5 Å². The van der Waals surface area contributed by atoms with Crippen LogP contribution >= 0.6 is 0 Å². The second kappa shape index (κ2) is 9.09. The van der Waals surface area contributed by atoms with Gasteiger partial charge in [-0.3, -0.25) is 10.2 Å². The van der Waals surface area contributed by atoms with Crippen molar-refractivity contribution in [2.24, 2.45) is 0 Å². The van der Waals surface area contributed by atoms with Crippen LogP contribution in [0, 0.1) is 0 Å². The second-order valence-corrected chi connectivity index (χ2v) is 7.30. The number of carbonyl (C=O) groups excluding carboxylic acids is 1. The minimum Gasteiger partial charge on any atom is -0.486 e. The highest BCUT2D eigenvalue weighted by atomic mass is 16.6. The zero-order chi connectivity index (χ0) is 21.8. The zero-order valence-electron chi connectivity index (χ0n) is 17.5. The minimum absolute atomic E-state index is 0.272. The first kappa shape index (κ1) is 20.7. The van der Waals surface area contributed by atoms with Gasteiger partial charge in [-0.05, 0) is 49.4 Å². The number of fused-ring (bicyclic) bond motifs is 2. The van der Waals surface area contributed by atoms with E-state index in [1.807, 2.05) is 31.3 Å². The molecule has 0 atom stereocenters. The molecule has 8 nitrogen and oxygen atoms in total. The van der Waals surface area contributed by atoms with Gasteiger partial charge in [0.1, 0.15) is 18.8 Å². The van der Waals surface area contributed by atoms with Crippen LogP contribution in [0.25, 0.3) is 11.0 Å². The molecule has 1 aromatic heterocycles. The standard InChI is InChI=1S/C23H24N2O6/c1-3-28-23(27)24-17-5-6-18-16(11-22(26)31-20(18)12-17)14-25(2)13-15-4-7-19-21(10-15)30-9-8-29-19/h4-7,10-12H,3,8-9,13-14H2,1-2H3,(H,24,27). The van der Waals surface area contributed by atoms with Gasteiger partial charge in [-0.1, -0.05) is 6.07 Å². The summed E-state index contributed by atoms with van der Waals surface area (Å²) < 4.78 is 21.5. The maximum absolute atomic E-state index is 12.1. The van der Waals surface area contributed by atoms with E-state index in [-0.39, 0.29) is 6.61 Å². The third-order valence-corrected chi connectivity index (χ3v) is 4.85. The maximum atomic E-state index is 12.1. The summed E-state index contributed by atoms with van der Waals surface area (Å²) in [6.45, 7) is 4.32. The van der Waals surface area contributed by atoms with Crippen molar-refractivity contribution in [3.05, 3.63) is 64.0 Å². The van der Waals surface area contributed by atoms with Crippen LogP contribution in [0.2, 0.25) is 0 Å². The summed E-state index contributed by atoms with van der Waals surface area (Å²) in [6, 6.07) is 12.6. The largest absolute Gasteiger partial charge is 0.486 e. The molecule has 0 bridgehead atoms. The molecule has 0 saturated carbocycles. The number of hydrogen-bond donors (Lipinski definition) is 1. The molecule has 2 heterocycles. The summed E-state index contributed by atoms with van der Waals surface area (Å²) in [5.41, 5.74) is 2.39. The summed E-state index contributed by atoms with van der Waals surface area (Å²) in [7, 11) is 1.98. The Labute approximate surface area is 179 Å². The molecule has 162 valence electrons. The van der Waals surface area contributed by atoms with Gasteiger partial charge in [-0.15, -0.1) is 0 Å². The number of amides is 1. The second-order valence-electron chi connectivity index (χ2n) is 7.30. The minimum atomic E-state index is -0.556. The molecule has 2 aromatic carbocycles. The molecule has 0 radical (unpaired) electrons. The van der Waals surface area contributed by atoms with Crippen LogP contribution in [-0.2, 0) is 17.8 Å². The number of ether oxygens (including phenoxy) is 3. The molecule has 31 heavy (non-hydrogen) atoms. The van der Waals surface area contributed by atoms with Crippen molar-refractivity contribution in [1.29, 1.82) is 0 Å². The Morgan fingerprint density at radius 3 is 2.68 bits per heavy atom. The number of carbonyl (C=O) groups is 1. The third-order valence-electron chi connectivity index (χ3n) is 4.85.